The van der Waals surface area contributed by atoms with E-state index in [1.54, 1.807) is 12.3 Å². The highest BCUT2D eigenvalue weighted by molar-refractivity contribution is 5.62. The van der Waals surface area contributed by atoms with Gasteiger partial charge < -0.3 is 10.3 Å². The van der Waals surface area contributed by atoms with Crippen molar-refractivity contribution in [3.63, 3.8) is 0 Å². The number of nitrogens with zero attached hydrogens (tertiary/aromatic N) is 2. The number of nitrogens with one attached hydrogen (secondary N) is 1. The van der Waals surface area contributed by atoms with Crippen LogP contribution in [-0.4, -0.2) is 15.4 Å². The molecule has 0 aliphatic rings. The zero-order valence-electron chi connectivity index (χ0n) is 6.53. The molecule has 2 rings (SSSR count). The number of hydrogen-bond donors (Lipinski definition) is 2. The molecular weight excluding hydrogens is 156 g/mol. The molecular formula is C7H8N4O. The summed E-state index contributed by atoms with van der Waals surface area (Å²) in [5, 5.41) is 10.4. The van der Waals surface area contributed by atoms with Crippen molar-refractivity contribution in [1.29, 1.82) is 0 Å². The maximum absolute atomic E-state index is 5.37. The minimum atomic E-state index is 0.311. The van der Waals surface area contributed by atoms with Crippen LogP contribution < -0.4 is 5.73 Å². The standard InChI is InChI=1S/C7H8N4O/c1-4-5(3-9-10-4)6-2-7(8)12-11-6/h2-3H,8H2,1H3,(H,9,10). The van der Waals surface area contributed by atoms with Crippen molar-refractivity contribution in [2.45, 2.75) is 6.92 Å². The fraction of sp³-hybridized carbons (Fsp3) is 0.143. The number of hydrogen-bond acceptors (Lipinski definition) is 4. The second-order valence-corrected chi connectivity index (χ2v) is 2.52. The molecule has 0 aliphatic heterocycles. The van der Waals surface area contributed by atoms with Gasteiger partial charge in [-0.1, -0.05) is 5.16 Å². The van der Waals surface area contributed by atoms with Crippen LogP contribution in [0.15, 0.2) is 16.8 Å². The Hall–Kier alpha value is -1.78. The third kappa shape index (κ3) is 0.952. The van der Waals surface area contributed by atoms with Gasteiger partial charge in [0.1, 0.15) is 5.69 Å². The Morgan fingerprint density at radius 1 is 1.58 bits per heavy atom. The van der Waals surface area contributed by atoms with Crippen LogP contribution in [0.1, 0.15) is 5.69 Å². The van der Waals surface area contributed by atoms with E-state index in [4.69, 9.17) is 10.3 Å². The number of anilines is 1. The smallest absolute Gasteiger partial charge is 0.222 e. The fourth-order valence-electron chi connectivity index (χ4n) is 1.03. The molecule has 0 radical (unpaired) electrons. The summed E-state index contributed by atoms with van der Waals surface area (Å²) in [6.07, 6.45) is 1.69. The molecule has 62 valence electrons. The van der Waals surface area contributed by atoms with Crippen molar-refractivity contribution in [2.75, 3.05) is 5.73 Å². The molecule has 0 saturated carbocycles. The van der Waals surface area contributed by atoms with Gasteiger partial charge in [0.05, 0.1) is 6.20 Å². The van der Waals surface area contributed by atoms with Crippen LogP contribution in [-0.2, 0) is 0 Å². The average Bonchev–Trinajstić information content (AvgIpc) is 2.58. The van der Waals surface area contributed by atoms with Gasteiger partial charge in [-0.25, -0.2) is 0 Å². The van der Waals surface area contributed by atoms with Gasteiger partial charge in [-0.15, -0.1) is 0 Å². The molecule has 12 heavy (non-hydrogen) atoms. The quantitative estimate of drug-likeness (QED) is 0.657. The van der Waals surface area contributed by atoms with Gasteiger partial charge in [-0.2, -0.15) is 5.10 Å². The van der Waals surface area contributed by atoms with E-state index >= 15 is 0 Å². The SMILES string of the molecule is Cc1[nH]ncc1-c1cc(N)on1. The van der Waals surface area contributed by atoms with Gasteiger partial charge in [-0.05, 0) is 6.92 Å². The second-order valence-electron chi connectivity index (χ2n) is 2.52. The monoisotopic (exact) mass is 164 g/mol. The van der Waals surface area contributed by atoms with Gasteiger partial charge in [0, 0.05) is 17.3 Å². The highest BCUT2D eigenvalue weighted by Gasteiger charge is 2.07. The number of aromatic amines is 1. The lowest BCUT2D eigenvalue weighted by Gasteiger charge is -1.87. The molecule has 0 amide bonds. The number of aromatic nitrogens is 3. The van der Waals surface area contributed by atoms with Crippen LogP contribution in [0.2, 0.25) is 0 Å². The van der Waals surface area contributed by atoms with E-state index in [9.17, 15) is 0 Å². The lowest BCUT2D eigenvalue weighted by Crippen LogP contribution is -1.78. The number of aryl methyl sites for hydroxylation is 1. The molecule has 0 bridgehead atoms. The Kier molecular flexibility index (Phi) is 1.36. The lowest BCUT2D eigenvalue weighted by atomic mass is 10.2. The first-order chi connectivity index (χ1) is 5.77. The molecule has 5 nitrogen and oxygen atoms in total. The largest absolute Gasteiger partial charge is 0.368 e. The Balaban J connectivity index is 2.50. The van der Waals surface area contributed by atoms with Crippen LogP contribution in [0.5, 0.6) is 0 Å². The molecule has 2 aromatic heterocycles. The van der Waals surface area contributed by atoms with Crippen molar-refractivity contribution in [3.8, 4) is 11.3 Å². The maximum Gasteiger partial charge on any atom is 0.222 e. The summed E-state index contributed by atoms with van der Waals surface area (Å²) in [7, 11) is 0. The molecule has 0 spiro atoms. The molecule has 0 aromatic carbocycles. The zero-order chi connectivity index (χ0) is 8.55. The summed E-state index contributed by atoms with van der Waals surface area (Å²) >= 11 is 0. The first-order valence-corrected chi connectivity index (χ1v) is 3.50. The lowest BCUT2D eigenvalue weighted by molar-refractivity contribution is 0.439. The van der Waals surface area contributed by atoms with E-state index in [0.29, 0.717) is 11.6 Å². The Bertz CT molecular complexity index is 390. The third-order valence-electron chi connectivity index (χ3n) is 1.63. The Labute approximate surface area is 68.6 Å². The summed E-state index contributed by atoms with van der Waals surface area (Å²) in [5.41, 5.74) is 7.94. The summed E-state index contributed by atoms with van der Waals surface area (Å²) in [4.78, 5) is 0. The molecule has 0 fully saturated rings. The molecule has 0 unspecified atom stereocenters. The van der Waals surface area contributed by atoms with Gasteiger partial charge in [-0.3, -0.25) is 5.10 Å². The predicted molar refractivity (Wildman–Crippen MR) is 43.2 cm³/mol. The number of nitrogens with two attached hydrogens (primary N) is 1. The first kappa shape index (κ1) is 6.90. The summed E-state index contributed by atoms with van der Waals surface area (Å²) in [6.45, 7) is 1.91. The zero-order valence-corrected chi connectivity index (χ0v) is 6.53. The van der Waals surface area contributed by atoms with E-state index < -0.39 is 0 Å². The van der Waals surface area contributed by atoms with Gasteiger partial charge in [0.15, 0.2) is 0 Å². The molecule has 0 atom stereocenters. The summed E-state index contributed by atoms with van der Waals surface area (Å²) in [6, 6.07) is 1.66. The molecule has 3 N–H and O–H groups in total. The first-order valence-electron chi connectivity index (χ1n) is 3.50. The maximum atomic E-state index is 5.37. The Morgan fingerprint density at radius 3 is 2.92 bits per heavy atom. The van der Waals surface area contributed by atoms with Crippen molar-refractivity contribution < 1.29 is 4.52 Å². The van der Waals surface area contributed by atoms with Crippen molar-refractivity contribution >= 4 is 5.88 Å². The van der Waals surface area contributed by atoms with Crippen molar-refractivity contribution in [2.24, 2.45) is 0 Å². The van der Waals surface area contributed by atoms with Gasteiger partial charge in [0.2, 0.25) is 5.88 Å². The topological polar surface area (TPSA) is 80.7 Å². The van der Waals surface area contributed by atoms with Crippen LogP contribution >= 0.6 is 0 Å². The molecule has 2 aromatic rings. The van der Waals surface area contributed by atoms with E-state index in [2.05, 4.69) is 15.4 Å². The average molecular weight is 164 g/mol. The van der Waals surface area contributed by atoms with Gasteiger partial charge >= 0.3 is 0 Å². The van der Waals surface area contributed by atoms with Crippen LogP contribution in [0.4, 0.5) is 5.88 Å². The number of H-pyrrole nitrogens is 1. The Morgan fingerprint density at radius 2 is 2.42 bits per heavy atom. The van der Waals surface area contributed by atoms with E-state index in [1.807, 2.05) is 6.92 Å². The predicted octanol–water partition coefficient (Wildman–Crippen LogP) is 0.955. The molecule has 0 aliphatic carbocycles. The van der Waals surface area contributed by atoms with E-state index in [1.165, 1.54) is 0 Å². The van der Waals surface area contributed by atoms with Crippen LogP contribution in [0.3, 0.4) is 0 Å². The summed E-state index contributed by atoms with van der Waals surface area (Å²) < 4.78 is 4.73. The van der Waals surface area contributed by atoms with E-state index in [0.717, 1.165) is 11.3 Å². The fourth-order valence-corrected chi connectivity index (χ4v) is 1.03. The molecule has 5 heteroatoms. The summed E-state index contributed by atoms with van der Waals surface area (Å²) in [5.74, 6) is 0.311. The van der Waals surface area contributed by atoms with Gasteiger partial charge in [0.25, 0.3) is 0 Å². The third-order valence-corrected chi connectivity index (χ3v) is 1.63. The van der Waals surface area contributed by atoms with E-state index in [-0.39, 0.29) is 0 Å². The second kappa shape index (κ2) is 2.37. The highest BCUT2D eigenvalue weighted by Crippen LogP contribution is 2.21. The normalized spacial score (nSPS) is 10.4. The van der Waals surface area contributed by atoms with Crippen LogP contribution in [0, 0.1) is 6.92 Å². The molecule has 2 heterocycles. The van der Waals surface area contributed by atoms with Crippen LogP contribution in [0.25, 0.3) is 11.3 Å². The highest BCUT2D eigenvalue weighted by atomic mass is 16.5. The molecule has 0 saturated heterocycles. The number of rotatable bonds is 1. The minimum absolute atomic E-state index is 0.311. The van der Waals surface area contributed by atoms with Crippen molar-refractivity contribution in [3.05, 3.63) is 18.0 Å². The van der Waals surface area contributed by atoms with Crippen molar-refractivity contribution in [1.82, 2.24) is 15.4 Å². The number of nitrogen functional groups attached to an aromatic ring is 1. The minimum Gasteiger partial charge on any atom is -0.368 e.